The Kier molecular flexibility index (Phi) is 3.58. The van der Waals surface area contributed by atoms with E-state index in [1.165, 1.54) is 12.8 Å². The number of aromatic nitrogens is 2. The quantitative estimate of drug-likeness (QED) is 0.838. The lowest BCUT2D eigenvalue weighted by molar-refractivity contribution is -0.0741. The minimum absolute atomic E-state index is 0.111. The van der Waals surface area contributed by atoms with Gasteiger partial charge in [-0.3, -0.25) is 0 Å². The molecule has 6 nitrogen and oxygen atoms in total. The van der Waals surface area contributed by atoms with Crippen LogP contribution in [0.3, 0.4) is 0 Å². The third-order valence-electron chi connectivity index (χ3n) is 3.18. The molecular formula is C12H19N3O3. The van der Waals surface area contributed by atoms with E-state index in [4.69, 9.17) is 14.0 Å². The normalized spacial score (nSPS) is 28.5. The summed E-state index contributed by atoms with van der Waals surface area (Å²) >= 11 is 0. The van der Waals surface area contributed by atoms with E-state index in [1.807, 2.05) is 0 Å². The standard InChI is InChI=1S/C12H19N3O3/c1-8-4-13-5-10(17-8)6-16-7-11-14-12(15-18-11)9-2-3-9/h8-10,13H,2-7H2,1H3. The highest BCUT2D eigenvalue weighted by molar-refractivity contribution is 5.02. The molecule has 0 aromatic carbocycles. The molecule has 2 aliphatic rings. The van der Waals surface area contributed by atoms with Crippen molar-refractivity contribution in [2.24, 2.45) is 0 Å². The third kappa shape index (κ3) is 3.07. The smallest absolute Gasteiger partial charge is 0.252 e. The summed E-state index contributed by atoms with van der Waals surface area (Å²) in [7, 11) is 0. The third-order valence-corrected chi connectivity index (χ3v) is 3.18. The summed E-state index contributed by atoms with van der Waals surface area (Å²) < 4.78 is 16.4. The first-order chi connectivity index (χ1) is 8.81. The molecular weight excluding hydrogens is 234 g/mol. The lowest BCUT2D eigenvalue weighted by Gasteiger charge is -2.28. The zero-order chi connectivity index (χ0) is 12.4. The summed E-state index contributed by atoms with van der Waals surface area (Å²) in [6, 6.07) is 0. The van der Waals surface area contributed by atoms with Crippen LogP contribution in [0.15, 0.2) is 4.52 Å². The van der Waals surface area contributed by atoms with Crippen molar-refractivity contribution in [3.8, 4) is 0 Å². The van der Waals surface area contributed by atoms with Crippen molar-refractivity contribution in [3.63, 3.8) is 0 Å². The van der Waals surface area contributed by atoms with Crippen LogP contribution in [-0.4, -0.2) is 42.0 Å². The fraction of sp³-hybridized carbons (Fsp3) is 0.833. The number of nitrogens with zero attached hydrogens (tertiary/aromatic N) is 2. The molecule has 0 spiro atoms. The van der Waals surface area contributed by atoms with Gasteiger partial charge in [-0.25, -0.2) is 0 Å². The molecule has 1 N–H and O–H groups in total. The maximum Gasteiger partial charge on any atom is 0.252 e. The molecule has 100 valence electrons. The Bertz CT molecular complexity index is 392. The van der Waals surface area contributed by atoms with Gasteiger partial charge >= 0.3 is 0 Å². The van der Waals surface area contributed by atoms with Gasteiger partial charge < -0.3 is 19.3 Å². The molecule has 1 aromatic heterocycles. The molecule has 2 fully saturated rings. The predicted molar refractivity (Wildman–Crippen MR) is 63.1 cm³/mol. The van der Waals surface area contributed by atoms with Crippen LogP contribution in [0.4, 0.5) is 0 Å². The number of morpholine rings is 1. The molecule has 1 saturated heterocycles. The number of hydrogen-bond acceptors (Lipinski definition) is 6. The minimum Gasteiger partial charge on any atom is -0.370 e. The number of ether oxygens (including phenoxy) is 2. The fourth-order valence-corrected chi connectivity index (χ4v) is 2.08. The monoisotopic (exact) mass is 253 g/mol. The second-order valence-electron chi connectivity index (χ2n) is 5.06. The lowest BCUT2D eigenvalue weighted by Crippen LogP contribution is -2.45. The summed E-state index contributed by atoms with van der Waals surface area (Å²) in [6.45, 7) is 4.72. The summed E-state index contributed by atoms with van der Waals surface area (Å²) in [5.74, 6) is 1.92. The first-order valence-electron chi connectivity index (χ1n) is 6.57. The van der Waals surface area contributed by atoms with E-state index in [0.717, 1.165) is 18.9 Å². The van der Waals surface area contributed by atoms with Crippen molar-refractivity contribution in [2.75, 3.05) is 19.7 Å². The van der Waals surface area contributed by atoms with Gasteiger partial charge in [-0.1, -0.05) is 5.16 Å². The molecule has 0 bridgehead atoms. The summed E-state index contributed by atoms with van der Waals surface area (Å²) in [6.07, 6.45) is 2.72. The zero-order valence-electron chi connectivity index (χ0n) is 10.6. The van der Waals surface area contributed by atoms with Gasteiger partial charge in [0, 0.05) is 19.0 Å². The van der Waals surface area contributed by atoms with Crippen LogP contribution < -0.4 is 5.32 Å². The molecule has 1 aromatic rings. The maximum absolute atomic E-state index is 5.72. The van der Waals surface area contributed by atoms with Crippen LogP contribution in [0.1, 0.15) is 37.4 Å². The second-order valence-corrected chi connectivity index (χ2v) is 5.06. The Morgan fingerprint density at radius 2 is 2.28 bits per heavy atom. The van der Waals surface area contributed by atoms with Gasteiger partial charge in [0.25, 0.3) is 5.89 Å². The van der Waals surface area contributed by atoms with Crippen molar-refractivity contribution < 1.29 is 14.0 Å². The van der Waals surface area contributed by atoms with Crippen molar-refractivity contribution >= 4 is 0 Å². The molecule has 1 aliphatic carbocycles. The average Bonchev–Trinajstić information content (AvgIpc) is 3.10. The Hall–Kier alpha value is -0.980. The summed E-state index contributed by atoms with van der Waals surface area (Å²) in [5, 5.41) is 7.25. The van der Waals surface area contributed by atoms with E-state index >= 15 is 0 Å². The van der Waals surface area contributed by atoms with Gasteiger partial charge in [0.15, 0.2) is 5.82 Å². The number of rotatable bonds is 5. The lowest BCUT2D eigenvalue weighted by atomic mass is 10.2. The Labute approximate surface area is 106 Å². The molecule has 2 unspecified atom stereocenters. The zero-order valence-corrected chi connectivity index (χ0v) is 10.6. The Morgan fingerprint density at radius 3 is 3.06 bits per heavy atom. The number of hydrogen-bond donors (Lipinski definition) is 1. The van der Waals surface area contributed by atoms with Crippen molar-refractivity contribution in [1.82, 2.24) is 15.5 Å². The van der Waals surface area contributed by atoms with E-state index < -0.39 is 0 Å². The van der Waals surface area contributed by atoms with Crippen LogP contribution >= 0.6 is 0 Å². The Morgan fingerprint density at radius 1 is 1.39 bits per heavy atom. The fourth-order valence-electron chi connectivity index (χ4n) is 2.08. The average molecular weight is 253 g/mol. The predicted octanol–water partition coefficient (Wildman–Crippen LogP) is 0.840. The van der Waals surface area contributed by atoms with Gasteiger partial charge in [0.1, 0.15) is 6.61 Å². The van der Waals surface area contributed by atoms with Crippen LogP contribution in [0.2, 0.25) is 0 Å². The van der Waals surface area contributed by atoms with Crippen LogP contribution in [0.5, 0.6) is 0 Å². The van der Waals surface area contributed by atoms with Gasteiger partial charge in [-0.15, -0.1) is 0 Å². The Balaban J connectivity index is 1.40. The molecule has 2 heterocycles. The van der Waals surface area contributed by atoms with E-state index in [-0.39, 0.29) is 12.2 Å². The highest BCUT2D eigenvalue weighted by Crippen LogP contribution is 2.38. The van der Waals surface area contributed by atoms with Crippen molar-refractivity contribution in [1.29, 1.82) is 0 Å². The van der Waals surface area contributed by atoms with Gasteiger partial charge in [-0.2, -0.15) is 4.98 Å². The topological polar surface area (TPSA) is 69.4 Å². The molecule has 1 saturated carbocycles. The largest absolute Gasteiger partial charge is 0.370 e. The van der Waals surface area contributed by atoms with Gasteiger partial charge in [0.2, 0.25) is 0 Å². The number of nitrogens with one attached hydrogen (secondary N) is 1. The van der Waals surface area contributed by atoms with E-state index in [1.54, 1.807) is 0 Å². The first kappa shape index (κ1) is 12.1. The molecule has 0 radical (unpaired) electrons. The molecule has 6 heteroatoms. The van der Waals surface area contributed by atoms with Crippen LogP contribution in [-0.2, 0) is 16.1 Å². The summed E-state index contributed by atoms with van der Waals surface area (Å²) in [5.41, 5.74) is 0. The van der Waals surface area contributed by atoms with Gasteiger partial charge in [-0.05, 0) is 19.8 Å². The molecule has 18 heavy (non-hydrogen) atoms. The van der Waals surface area contributed by atoms with E-state index in [0.29, 0.717) is 25.0 Å². The van der Waals surface area contributed by atoms with E-state index in [9.17, 15) is 0 Å². The minimum atomic E-state index is 0.111. The molecule has 1 aliphatic heterocycles. The molecule has 2 atom stereocenters. The first-order valence-corrected chi connectivity index (χ1v) is 6.57. The second kappa shape index (κ2) is 5.34. The van der Waals surface area contributed by atoms with Crippen molar-refractivity contribution in [2.45, 2.75) is 44.5 Å². The molecule has 3 rings (SSSR count). The van der Waals surface area contributed by atoms with Crippen LogP contribution in [0.25, 0.3) is 0 Å². The highest BCUT2D eigenvalue weighted by Gasteiger charge is 2.28. The molecule has 0 amide bonds. The van der Waals surface area contributed by atoms with Crippen LogP contribution in [0, 0.1) is 0 Å². The summed E-state index contributed by atoms with van der Waals surface area (Å²) in [4.78, 5) is 4.31. The van der Waals surface area contributed by atoms with E-state index in [2.05, 4.69) is 22.4 Å². The highest BCUT2D eigenvalue weighted by atomic mass is 16.5. The maximum atomic E-state index is 5.72. The van der Waals surface area contributed by atoms with Crippen molar-refractivity contribution in [3.05, 3.63) is 11.7 Å². The van der Waals surface area contributed by atoms with Gasteiger partial charge in [0.05, 0.1) is 18.8 Å². The SMILES string of the molecule is CC1CNCC(COCc2nc(C3CC3)no2)O1.